The van der Waals surface area contributed by atoms with E-state index in [0.717, 1.165) is 0 Å². The van der Waals surface area contributed by atoms with Gasteiger partial charge in [0.2, 0.25) is 0 Å². The molecule has 0 aromatic heterocycles. The SMILES string of the molecule is Cc1ccc([N-]c2ccc(C)cc2[PH+](C(C)C)C(C)C)c([PH+](C(C)C)C(C)C)c1.[PdH+]. The summed E-state index contributed by atoms with van der Waals surface area (Å²) in [7, 11) is -1.37. The van der Waals surface area contributed by atoms with E-state index in [1.54, 1.807) is 0 Å². The van der Waals surface area contributed by atoms with Crippen LogP contribution in [0.4, 0.5) is 11.4 Å². The zero-order valence-corrected chi connectivity index (χ0v) is 24.2. The third kappa shape index (κ3) is 6.88. The van der Waals surface area contributed by atoms with Crippen molar-refractivity contribution in [2.75, 3.05) is 0 Å². The molecule has 0 atom stereocenters. The standard InChI is InChI=1S/C26H40NP2.Pd.H/c1-17(2)28(18(3)4)25-15-21(9)11-13-23(25)27-24-14-12-22(10)16-26(24)29(19(5)6)20(7)8;;/h11-20H,1-10H3;;/q-1;+1;/p+2. The summed E-state index contributed by atoms with van der Waals surface area (Å²) < 4.78 is 0. The number of hydrogen-bond acceptors (Lipinski definition) is 0. The first kappa shape index (κ1) is 27.8. The molecule has 4 heteroatoms. The van der Waals surface area contributed by atoms with Crippen LogP contribution in [0.25, 0.3) is 5.32 Å². The van der Waals surface area contributed by atoms with Gasteiger partial charge in [0, 0.05) is 15.8 Å². The molecule has 30 heavy (non-hydrogen) atoms. The van der Waals surface area contributed by atoms with E-state index in [4.69, 9.17) is 5.32 Å². The molecule has 170 valence electrons. The van der Waals surface area contributed by atoms with Crippen molar-refractivity contribution in [2.45, 2.75) is 91.9 Å². The van der Waals surface area contributed by atoms with Gasteiger partial charge in [-0.2, -0.15) is 0 Å². The van der Waals surface area contributed by atoms with Crippen molar-refractivity contribution < 1.29 is 20.4 Å². The van der Waals surface area contributed by atoms with Crippen molar-refractivity contribution >= 4 is 37.8 Å². The molecule has 0 aliphatic rings. The molecule has 2 rings (SSSR count). The van der Waals surface area contributed by atoms with Gasteiger partial charge >= 0.3 is 20.4 Å². The van der Waals surface area contributed by atoms with Gasteiger partial charge in [-0.3, -0.25) is 0 Å². The van der Waals surface area contributed by atoms with Crippen LogP contribution in [0.5, 0.6) is 0 Å². The molecule has 2 aromatic rings. The Morgan fingerprint density at radius 2 is 0.867 bits per heavy atom. The Kier molecular flexibility index (Phi) is 11.2. The Balaban J connectivity index is 0.00000450. The van der Waals surface area contributed by atoms with E-state index >= 15 is 0 Å². The Morgan fingerprint density at radius 3 is 1.13 bits per heavy atom. The molecule has 0 aliphatic heterocycles. The molecule has 2 aromatic carbocycles. The summed E-state index contributed by atoms with van der Waals surface area (Å²) in [6.45, 7) is 23.5. The van der Waals surface area contributed by atoms with Crippen LogP contribution in [0.15, 0.2) is 36.4 Å². The zero-order valence-electron chi connectivity index (χ0n) is 20.6. The van der Waals surface area contributed by atoms with Gasteiger partial charge in [-0.15, -0.1) is 0 Å². The molecule has 0 amide bonds. The van der Waals surface area contributed by atoms with Crippen LogP contribution in [0.3, 0.4) is 0 Å². The minimum atomic E-state index is -0.685. The van der Waals surface area contributed by atoms with Crippen LogP contribution in [0.2, 0.25) is 0 Å². The summed E-state index contributed by atoms with van der Waals surface area (Å²) in [6, 6.07) is 13.8. The van der Waals surface area contributed by atoms with Gasteiger partial charge in [0.25, 0.3) is 0 Å². The maximum atomic E-state index is 5.35. The Morgan fingerprint density at radius 1 is 0.567 bits per heavy atom. The third-order valence-electron chi connectivity index (χ3n) is 5.66. The summed E-state index contributed by atoms with van der Waals surface area (Å²) in [4.78, 5) is 0. The summed E-state index contributed by atoms with van der Waals surface area (Å²) in [5.41, 5.74) is 7.87. The van der Waals surface area contributed by atoms with Gasteiger partial charge in [-0.25, -0.2) is 0 Å². The van der Waals surface area contributed by atoms with Crippen LogP contribution in [-0.2, 0) is 20.4 Å². The first-order chi connectivity index (χ1) is 13.5. The summed E-state index contributed by atoms with van der Waals surface area (Å²) >= 11 is 0. The molecular formula is C26H43NP2Pd+2. The van der Waals surface area contributed by atoms with Crippen LogP contribution in [-0.4, -0.2) is 22.6 Å². The molecule has 0 saturated heterocycles. The van der Waals surface area contributed by atoms with Crippen LogP contribution < -0.4 is 10.6 Å². The van der Waals surface area contributed by atoms with Crippen LogP contribution in [0, 0.1) is 13.8 Å². The quantitative estimate of drug-likeness (QED) is 0.242. The third-order valence-corrected chi connectivity index (χ3v) is 12.7. The molecule has 0 bridgehead atoms. The predicted octanol–water partition coefficient (Wildman–Crippen LogP) is 7.68. The Labute approximate surface area is 202 Å². The molecule has 0 heterocycles. The number of hydrogen-bond donors (Lipinski definition) is 0. The van der Waals surface area contributed by atoms with E-state index in [-0.39, 0.29) is 20.4 Å². The van der Waals surface area contributed by atoms with Crippen molar-refractivity contribution in [3.8, 4) is 0 Å². The molecule has 0 spiro atoms. The number of nitrogens with zero attached hydrogens (tertiary/aromatic N) is 1. The fraction of sp³-hybridized carbons (Fsp3) is 0.538. The van der Waals surface area contributed by atoms with E-state index < -0.39 is 15.8 Å². The monoisotopic (exact) mass is 537 g/mol. The normalized spacial score (nSPS) is 11.9. The molecule has 0 fully saturated rings. The maximum absolute atomic E-state index is 5.35. The van der Waals surface area contributed by atoms with E-state index in [1.807, 2.05) is 0 Å². The first-order valence-electron chi connectivity index (χ1n) is 11.2. The minimum absolute atomic E-state index is 0. The predicted molar refractivity (Wildman–Crippen MR) is 143 cm³/mol. The molecule has 0 N–H and O–H groups in total. The molecule has 0 aliphatic carbocycles. The fourth-order valence-electron chi connectivity index (χ4n) is 4.66. The van der Waals surface area contributed by atoms with Gasteiger partial charge in [-0.1, -0.05) is 35.6 Å². The Bertz CT molecular complexity index is 731. The van der Waals surface area contributed by atoms with Crippen molar-refractivity contribution in [3.63, 3.8) is 0 Å². The summed E-state index contributed by atoms with van der Waals surface area (Å²) in [5.74, 6) is 0. The number of aryl methyl sites for hydroxylation is 2. The molecule has 0 unspecified atom stereocenters. The van der Waals surface area contributed by atoms with Crippen molar-refractivity contribution in [2.24, 2.45) is 0 Å². The second-order valence-corrected chi connectivity index (χ2v) is 17.2. The van der Waals surface area contributed by atoms with Crippen molar-refractivity contribution in [3.05, 3.63) is 52.8 Å². The average molecular weight is 538 g/mol. The molecule has 1 radical (unpaired) electrons. The zero-order chi connectivity index (χ0) is 21.9. The molecule has 1 nitrogen and oxygen atoms in total. The average Bonchev–Trinajstić information content (AvgIpc) is 2.58. The van der Waals surface area contributed by atoms with Gasteiger partial charge in [0.05, 0.1) is 33.2 Å². The van der Waals surface area contributed by atoms with Gasteiger partial charge in [-0.05, 0) is 92.5 Å². The van der Waals surface area contributed by atoms with E-state index in [1.165, 1.54) is 33.1 Å². The van der Waals surface area contributed by atoms with E-state index in [0.29, 0.717) is 22.6 Å². The summed E-state index contributed by atoms with van der Waals surface area (Å²) in [6.07, 6.45) is 0. The molecular weight excluding hydrogens is 495 g/mol. The van der Waals surface area contributed by atoms with E-state index in [9.17, 15) is 0 Å². The fourth-order valence-corrected chi connectivity index (χ4v) is 11.5. The van der Waals surface area contributed by atoms with Crippen molar-refractivity contribution in [1.29, 1.82) is 0 Å². The van der Waals surface area contributed by atoms with Crippen LogP contribution in [0.1, 0.15) is 66.5 Å². The second kappa shape index (κ2) is 12.1. The Hall–Kier alpha value is -0.238. The molecule has 0 saturated carbocycles. The van der Waals surface area contributed by atoms with Crippen molar-refractivity contribution in [1.82, 2.24) is 0 Å². The van der Waals surface area contributed by atoms with Gasteiger partial charge < -0.3 is 5.32 Å². The number of benzene rings is 2. The number of rotatable bonds is 8. The first-order valence-corrected chi connectivity index (χ1v) is 14.5. The van der Waals surface area contributed by atoms with E-state index in [2.05, 4.69) is 106 Å². The van der Waals surface area contributed by atoms with Crippen LogP contribution >= 0.6 is 15.8 Å². The topological polar surface area (TPSA) is 14.1 Å². The second-order valence-electron chi connectivity index (χ2n) is 9.68. The van der Waals surface area contributed by atoms with Gasteiger partial charge in [0.1, 0.15) is 0 Å². The van der Waals surface area contributed by atoms with Gasteiger partial charge in [0.15, 0.2) is 0 Å². The summed E-state index contributed by atoms with van der Waals surface area (Å²) in [5, 5.41) is 8.36.